The predicted octanol–water partition coefficient (Wildman–Crippen LogP) is 1.45. The van der Waals surface area contributed by atoms with Gasteiger partial charge in [-0.15, -0.1) is 0 Å². The Morgan fingerprint density at radius 2 is 2.14 bits per heavy atom. The van der Waals surface area contributed by atoms with Crippen LogP contribution in [0.4, 0.5) is 0 Å². The van der Waals surface area contributed by atoms with Gasteiger partial charge in [-0.25, -0.2) is 4.98 Å². The smallest absolute Gasteiger partial charge is 0.174 e. The fraction of sp³-hybridized carbons (Fsp3) is 0.700. The molecule has 1 aromatic rings. The Hall–Kier alpha value is -0.870. The van der Waals surface area contributed by atoms with Gasteiger partial charge in [0.05, 0.1) is 6.54 Å². The maximum absolute atomic E-state index is 5.14. The van der Waals surface area contributed by atoms with Crippen LogP contribution in [0.3, 0.4) is 0 Å². The Kier molecular flexibility index (Phi) is 4.62. The summed E-state index contributed by atoms with van der Waals surface area (Å²) in [6.45, 7) is 2.84. The summed E-state index contributed by atoms with van der Waals surface area (Å²) in [5, 5.41) is 0. The lowest BCUT2D eigenvalue weighted by molar-refractivity contribution is -0.111. The van der Waals surface area contributed by atoms with Crippen molar-refractivity contribution in [2.24, 2.45) is 0 Å². The van der Waals surface area contributed by atoms with Crippen molar-refractivity contribution in [3.05, 3.63) is 18.2 Å². The first-order valence-electron chi connectivity index (χ1n) is 4.87. The van der Waals surface area contributed by atoms with Crippen LogP contribution in [0.1, 0.15) is 19.2 Å². The summed E-state index contributed by atoms with van der Waals surface area (Å²) in [6.07, 6.45) is 5.66. The molecule has 0 atom stereocenters. The monoisotopic (exact) mass is 198 g/mol. The lowest BCUT2D eigenvalue weighted by Gasteiger charge is -2.15. The third-order valence-electron chi connectivity index (χ3n) is 2.15. The summed E-state index contributed by atoms with van der Waals surface area (Å²) in [7, 11) is 3.29. The molecule has 0 aliphatic rings. The largest absolute Gasteiger partial charge is 0.354 e. The second-order valence-electron chi connectivity index (χ2n) is 3.15. The number of imidazole rings is 1. The summed E-state index contributed by atoms with van der Waals surface area (Å²) in [6, 6.07) is 0. The van der Waals surface area contributed by atoms with Gasteiger partial charge >= 0.3 is 0 Å². The highest BCUT2D eigenvalue weighted by Gasteiger charge is 2.08. The average molecular weight is 198 g/mol. The van der Waals surface area contributed by atoms with E-state index in [1.165, 1.54) is 0 Å². The van der Waals surface area contributed by atoms with E-state index in [0.717, 1.165) is 18.7 Å². The SMILES string of the molecule is CCCc1nccn1CC(OC)OC. The van der Waals surface area contributed by atoms with Crippen molar-refractivity contribution in [3.63, 3.8) is 0 Å². The average Bonchev–Trinajstić information content (AvgIpc) is 2.62. The molecule has 4 heteroatoms. The summed E-state index contributed by atoms with van der Waals surface area (Å²) in [5.74, 6) is 1.09. The first kappa shape index (κ1) is 11.2. The van der Waals surface area contributed by atoms with Crippen molar-refractivity contribution in [1.82, 2.24) is 9.55 Å². The molecule has 0 radical (unpaired) electrons. The van der Waals surface area contributed by atoms with E-state index in [0.29, 0.717) is 6.54 Å². The van der Waals surface area contributed by atoms with E-state index in [1.54, 1.807) is 14.2 Å². The summed E-state index contributed by atoms with van der Waals surface area (Å²) in [4.78, 5) is 4.28. The number of nitrogens with zero attached hydrogens (tertiary/aromatic N) is 2. The molecular formula is C10H18N2O2. The molecule has 0 spiro atoms. The van der Waals surface area contributed by atoms with E-state index in [1.807, 2.05) is 12.4 Å². The maximum Gasteiger partial charge on any atom is 0.174 e. The molecule has 0 fully saturated rings. The number of aromatic nitrogens is 2. The Balaban J connectivity index is 2.60. The van der Waals surface area contributed by atoms with Crippen molar-refractivity contribution in [2.45, 2.75) is 32.6 Å². The molecule has 1 aromatic heterocycles. The van der Waals surface area contributed by atoms with Crippen LogP contribution in [0, 0.1) is 0 Å². The zero-order valence-corrected chi connectivity index (χ0v) is 9.06. The molecule has 1 heterocycles. The number of rotatable bonds is 6. The zero-order valence-electron chi connectivity index (χ0n) is 9.06. The normalized spacial score (nSPS) is 11.1. The van der Waals surface area contributed by atoms with Crippen LogP contribution in [-0.2, 0) is 22.4 Å². The number of ether oxygens (including phenoxy) is 2. The lowest BCUT2D eigenvalue weighted by atomic mass is 10.3. The number of hydrogen-bond acceptors (Lipinski definition) is 3. The van der Waals surface area contributed by atoms with Crippen molar-refractivity contribution >= 4 is 0 Å². The number of aryl methyl sites for hydroxylation is 1. The lowest BCUT2D eigenvalue weighted by Crippen LogP contribution is -2.21. The third kappa shape index (κ3) is 2.82. The highest BCUT2D eigenvalue weighted by atomic mass is 16.7. The van der Waals surface area contributed by atoms with Gasteiger partial charge in [0.15, 0.2) is 6.29 Å². The zero-order chi connectivity index (χ0) is 10.4. The van der Waals surface area contributed by atoms with Crippen LogP contribution in [0.5, 0.6) is 0 Å². The molecule has 0 aromatic carbocycles. The second kappa shape index (κ2) is 5.78. The molecule has 0 amide bonds. The fourth-order valence-corrected chi connectivity index (χ4v) is 1.36. The van der Waals surface area contributed by atoms with Crippen LogP contribution in [0.15, 0.2) is 12.4 Å². The summed E-state index contributed by atoms with van der Waals surface area (Å²) in [5.41, 5.74) is 0. The fourth-order valence-electron chi connectivity index (χ4n) is 1.36. The number of methoxy groups -OCH3 is 2. The molecule has 0 N–H and O–H groups in total. The van der Waals surface area contributed by atoms with Crippen molar-refractivity contribution in [2.75, 3.05) is 14.2 Å². The van der Waals surface area contributed by atoms with Gasteiger partial charge < -0.3 is 14.0 Å². The second-order valence-corrected chi connectivity index (χ2v) is 3.15. The molecule has 1 rings (SSSR count). The van der Waals surface area contributed by atoms with E-state index in [9.17, 15) is 0 Å². The first-order chi connectivity index (χ1) is 6.81. The molecule has 0 bridgehead atoms. The van der Waals surface area contributed by atoms with Gasteiger partial charge in [0.25, 0.3) is 0 Å². The van der Waals surface area contributed by atoms with Crippen LogP contribution >= 0.6 is 0 Å². The van der Waals surface area contributed by atoms with E-state index >= 15 is 0 Å². The summed E-state index contributed by atoms with van der Waals surface area (Å²) < 4.78 is 12.3. The predicted molar refractivity (Wildman–Crippen MR) is 54.0 cm³/mol. The molecule has 4 nitrogen and oxygen atoms in total. The topological polar surface area (TPSA) is 36.3 Å². The highest BCUT2D eigenvalue weighted by Crippen LogP contribution is 2.04. The minimum absolute atomic E-state index is 0.195. The van der Waals surface area contributed by atoms with E-state index in [4.69, 9.17) is 9.47 Å². The van der Waals surface area contributed by atoms with Gasteiger partial charge in [0, 0.05) is 33.0 Å². The Morgan fingerprint density at radius 1 is 1.43 bits per heavy atom. The van der Waals surface area contributed by atoms with E-state index < -0.39 is 0 Å². The quantitative estimate of drug-likeness (QED) is 0.649. The van der Waals surface area contributed by atoms with Crippen molar-refractivity contribution < 1.29 is 9.47 Å². The van der Waals surface area contributed by atoms with Crippen LogP contribution < -0.4 is 0 Å². The van der Waals surface area contributed by atoms with E-state index in [-0.39, 0.29) is 6.29 Å². The standard InChI is InChI=1S/C10H18N2O2/c1-4-5-9-11-6-7-12(9)8-10(13-2)14-3/h6-7,10H,4-5,8H2,1-3H3. The minimum atomic E-state index is -0.195. The van der Waals surface area contributed by atoms with Gasteiger partial charge in [0.2, 0.25) is 0 Å². The van der Waals surface area contributed by atoms with Crippen LogP contribution in [0.25, 0.3) is 0 Å². The van der Waals surface area contributed by atoms with E-state index in [2.05, 4.69) is 16.5 Å². The number of hydrogen-bond donors (Lipinski definition) is 0. The van der Waals surface area contributed by atoms with Crippen molar-refractivity contribution in [1.29, 1.82) is 0 Å². The van der Waals surface area contributed by atoms with Gasteiger partial charge in [0.1, 0.15) is 5.82 Å². The molecule has 0 saturated heterocycles. The summed E-state index contributed by atoms with van der Waals surface area (Å²) >= 11 is 0. The Labute approximate surface area is 84.9 Å². The van der Waals surface area contributed by atoms with Gasteiger partial charge in [-0.1, -0.05) is 6.92 Å². The highest BCUT2D eigenvalue weighted by molar-refractivity contribution is 4.92. The minimum Gasteiger partial charge on any atom is -0.354 e. The molecule has 0 saturated carbocycles. The van der Waals surface area contributed by atoms with Gasteiger partial charge in [-0.2, -0.15) is 0 Å². The molecule has 0 aliphatic heterocycles. The first-order valence-corrected chi connectivity index (χ1v) is 4.87. The van der Waals surface area contributed by atoms with Crippen LogP contribution in [-0.4, -0.2) is 30.1 Å². The third-order valence-corrected chi connectivity index (χ3v) is 2.15. The molecule has 0 unspecified atom stereocenters. The Bertz CT molecular complexity index is 256. The maximum atomic E-state index is 5.14. The Morgan fingerprint density at radius 3 is 2.71 bits per heavy atom. The molecule has 80 valence electrons. The molecule has 0 aliphatic carbocycles. The van der Waals surface area contributed by atoms with Crippen LogP contribution in [0.2, 0.25) is 0 Å². The van der Waals surface area contributed by atoms with Crippen molar-refractivity contribution in [3.8, 4) is 0 Å². The van der Waals surface area contributed by atoms with Gasteiger partial charge in [-0.3, -0.25) is 0 Å². The molecular weight excluding hydrogens is 180 g/mol. The molecule has 14 heavy (non-hydrogen) atoms. The van der Waals surface area contributed by atoms with Gasteiger partial charge in [-0.05, 0) is 6.42 Å².